The monoisotopic (exact) mass is 238 g/mol. The molecule has 2 rings (SSSR count). The third-order valence-corrected chi connectivity index (χ3v) is 4.35. The molecule has 0 spiro atoms. The largest absolute Gasteiger partial charge is 0.298 e. The zero-order valence-electron chi connectivity index (χ0n) is 9.69. The van der Waals surface area contributed by atoms with Crippen LogP contribution < -0.4 is 0 Å². The third kappa shape index (κ3) is 2.88. The fourth-order valence-electron chi connectivity index (χ4n) is 1.98. The van der Waals surface area contributed by atoms with Crippen molar-refractivity contribution in [3.63, 3.8) is 0 Å². The molecule has 1 fully saturated rings. The minimum atomic E-state index is 0.235. The van der Waals surface area contributed by atoms with Gasteiger partial charge in [0.1, 0.15) is 5.78 Å². The molecule has 2 heterocycles. The number of hydrogen-bond donors (Lipinski definition) is 0. The molecule has 1 aromatic rings. The van der Waals surface area contributed by atoms with E-state index in [4.69, 9.17) is 0 Å². The smallest absolute Gasteiger partial charge is 0.150 e. The summed E-state index contributed by atoms with van der Waals surface area (Å²) in [5, 5.41) is 4.43. The van der Waals surface area contributed by atoms with Crippen molar-refractivity contribution in [2.75, 3.05) is 5.75 Å². The van der Waals surface area contributed by atoms with Crippen LogP contribution in [0.25, 0.3) is 0 Å². The molecule has 4 heteroatoms. The Balaban J connectivity index is 1.90. The minimum Gasteiger partial charge on any atom is -0.298 e. The number of thioether (sulfide) groups is 1. The van der Waals surface area contributed by atoms with Gasteiger partial charge in [0.25, 0.3) is 0 Å². The van der Waals surface area contributed by atoms with Crippen LogP contribution in [0.3, 0.4) is 0 Å². The van der Waals surface area contributed by atoms with Crippen LogP contribution in [0.2, 0.25) is 0 Å². The molecular formula is C12H18N2OS. The molecule has 0 amide bonds. The normalized spacial score (nSPS) is 20.9. The van der Waals surface area contributed by atoms with Crippen LogP contribution in [0, 0.1) is 0 Å². The molecule has 16 heavy (non-hydrogen) atoms. The Morgan fingerprint density at radius 1 is 1.62 bits per heavy atom. The lowest BCUT2D eigenvalue weighted by atomic mass is 10.1. The minimum absolute atomic E-state index is 0.235. The zero-order chi connectivity index (χ0) is 11.4. The van der Waals surface area contributed by atoms with Gasteiger partial charge in [-0.2, -0.15) is 16.9 Å². The Bertz CT molecular complexity index is 356. The van der Waals surface area contributed by atoms with E-state index in [1.165, 1.54) is 12.8 Å². The number of hydrogen-bond acceptors (Lipinski definition) is 3. The number of aryl methyl sites for hydroxylation is 1. The summed E-state index contributed by atoms with van der Waals surface area (Å²) in [6, 6.07) is 0. The number of Topliss-reactive ketones (excluding diaryl/α,β-unsaturated/α-hetero) is 1. The van der Waals surface area contributed by atoms with Crippen LogP contribution >= 0.6 is 11.8 Å². The lowest BCUT2D eigenvalue weighted by molar-refractivity contribution is -0.118. The second kappa shape index (κ2) is 5.53. The molecule has 0 saturated carbocycles. The van der Waals surface area contributed by atoms with Crippen LogP contribution in [-0.4, -0.2) is 26.6 Å². The van der Waals surface area contributed by atoms with Crippen molar-refractivity contribution in [2.24, 2.45) is 0 Å². The van der Waals surface area contributed by atoms with Crippen molar-refractivity contribution < 1.29 is 4.79 Å². The van der Waals surface area contributed by atoms with Gasteiger partial charge in [-0.3, -0.25) is 9.48 Å². The molecule has 0 aromatic carbocycles. The second-order valence-electron chi connectivity index (χ2n) is 4.20. The van der Waals surface area contributed by atoms with Crippen LogP contribution in [0.4, 0.5) is 0 Å². The number of rotatable bonds is 4. The van der Waals surface area contributed by atoms with Crippen molar-refractivity contribution in [1.82, 2.24) is 9.78 Å². The Morgan fingerprint density at radius 2 is 2.50 bits per heavy atom. The Labute approximate surface area is 101 Å². The van der Waals surface area contributed by atoms with Gasteiger partial charge in [0.15, 0.2) is 0 Å². The fourth-order valence-corrected chi connectivity index (χ4v) is 3.24. The maximum absolute atomic E-state index is 12.0. The van der Waals surface area contributed by atoms with Crippen LogP contribution in [0.5, 0.6) is 0 Å². The van der Waals surface area contributed by atoms with Crippen LogP contribution in [-0.2, 0) is 17.8 Å². The van der Waals surface area contributed by atoms with Gasteiger partial charge < -0.3 is 0 Å². The average Bonchev–Trinajstić information content (AvgIpc) is 2.78. The van der Waals surface area contributed by atoms with Crippen molar-refractivity contribution in [3.8, 4) is 0 Å². The van der Waals surface area contributed by atoms with Gasteiger partial charge in [-0.25, -0.2) is 0 Å². The first-order valence-electron chi connectivity index (χ1n) is 5.95. The highest BCUT2D eigenvalue weighted by atomic mass is 32.2. The average molecular weight is 238 g/mol. The number of carbonyl (C=O) groups is 1. The molecule has 1 aromatic heterocycles. The summed E-state index contributed by atoms with van der Waals surface area (Å²) in [6.07, 6.45) is 7.88. The topological polar surface area (TPSA) is 34.9 Å². The van der Waals surface area contributed by atoms with Crippen molar-refractivity contribution in [2.45, 2.75) is 44.4 Å². The maximum Gasteiger partial charge on any atom is 0.150 e. The molecule has 1 unspecified atom stereocenters. The first kappa shape index (κ1) is 11.7. The highest BCUT2D eigenvalue weighted by molar-refractivity contribution is 8.00. The molecule has 0 radical (unpaired) electrons. The molecule has 3 nitrogen and oxygen atoms in total. The van der Waals surface area contributed by atoms with Gasteiger partial charge in [0, 0.05) is 19.2 Å². The van der Waals surface area contributed by atoms with E-state index < -0.39 is 0 Å². The molecular weight excluding hydrogens is 220 g/mol. The van der Waals surface area contributed by atoms with Gasteiger partial charge in [-0.15, -0.1) is 0 Å². The van der Waals surface area contributed by atoms with E-state index in [1.54, 1.807) is 0 Å². The van der Waals surface area contributed by atoms with E-state index in [0.29, 0.717) is 12.2 Å². The summed E-state index contributed by atoms with van der Waals surface area (Å²) >= 11 is 1.83. The summed E-state index contributed by atoms with van der Waals surface area (Å²) in [7, 11) is 0. The summed E-state index contributed by atoms with van der Waals surface area (Å²) in [5.41, 5.74) is 1.05. The first-order valence-corrected chi connectivity index (χ1v) is 7.00. The van der Waals surface area contributed by atoms with Gasteiger partial charge in [0.05, 0.1) is 11.4 Å². The Morgan fingerprint density at radius 3 is 3.12 bits per heavy atom. The summed E-state index contributed by atoms with van der Waals surface area (Å²) < 4.78 is 1.87. The van der Waals surface area contributed by atoms with Crippen LogP contribution in [0.1, 0.15) is 31.7 Å². The number of carbonyl (C=O) groups excluding carboxylic acids is 1. The van der Waals surface area contributed by atoms with Crippen molar-refractivity contribution in [1.29, 1.82) is 0 Å². The molecule has 1 saturated heterocycles. The van der Waals surface area contributed by atoms with Gasteiger partial charge in [0.2, 0.25) is 0 Å². The number of aromatic nitrogens is 2. The molecule has 0 N–H and O–H groups in total. The summed E-state index contributed by atoms with van der Waals surface area (Å²) in [5.74, 6) is 1.52. The summed E-state index contributed by atoms with van der Waals surface area (Å²) in [6.45, 7) is 2.92. The summed E-state index contributed by atoms with van der Waals surface area (Å²) in [4.78, 5) is 12.0. The SMILES string of the molecule is CCn1cc(CC(=O)C2CCCCS2)cn1. The van der Waals surface area contributed by atoms with Crippen LogP contribution in [0.15, 0.2) is 12.4 Å². The highest BCUT2D eigenvalue weighted by Gasteiger charge is 2.21. The molecule has 1 aliphatic heterocycles. The van der Waals surface area contributed by atoms with Gasteiger partial charge in [-0.05, 0) is 31.1 Å². The maximum atomic E-state index is 12.0. The molecule has 0 aliphatic carbocycles. The van der Waals surface area contributed by atoms with E-state index in [2.05, 4.69) is 12.0 Å². The second-order valence-corrected chi connectivity index (χ2v) is 5.51. The van der Waals surface area contributed by atoms with E-state index in [-0.39, 0.29) is 5.25 Å². The number of nitrogens with zero attached hydrogens (tertiary/aromatic N) is 2. The number of ketones is 1. The van der Waals surface area contributed by atoms with E-state index in [0.717, 1.165) is 24.3 Å². The van der Waals surface area contributed by atoms with Gasteiger partial charge >= 0.3 is 0 Å². The van der Waals surface area contributed by atoms with E-state index in [1.807, 2.05) is 28.8 Å². The van der Waals surface area contributed by atoms with Crippen molar-refractivity contribution in [3.05, 3.63) is 18.0 Å². The predicted molar refractivity (Wildman–Crippen MR) is 66.7 cm³/mol. The zero-order valence-corrected chi connectivity index (χ0v) is 10.5. The highest BCUT2D eigenvalue weighted by Crippen LogP contribution is 2.26. The molecule has 1 aliphatic rings. The molecule has 0 bridgehead atoms. The van der Waals surface area contributed by atoms with E-state index >= 15 is 0 Å². The molecule has 88 valence electrons. The Kier molecular flexibility index (Phi) is 4.04. The predicted octanol–water partition coefficient (Wildman–Crippen LogP) is 2.30. The molecule has 1 atom stereocenters. The lowest BCUT2D eigenvalue weighted by Gasteiger charge is -2.19. The van der Waals surface area contributed by atoms with E-state index in [9.17, 15) is 4.79 Å². The standard InChI is InChI=1S/C12H18N2OS/c1-2-14-9-10(8-13-14)7-11(15)12-5-3-4-6-16-12/h8-9,12H,2-7H2,1H3. The quantitative estimate of drug-likeness (QED) is 0.807. The fraction of sp³-hybridized carbons (Fsp3) is 0.667. The Hall–Kier alpha value is -0.770. The van der Waals surface area contributed by atoms with Gasteiger partial charge in [-0.1, -0.05) is 6.42 Å². The lowest BCUT2D eigenvalue weighted by Crippen LogP contribution is -2.22. The van der Waals surface area contributed by atoms with Crippen molar-refractivity contribution >= 4 is 17.5 Å². The first-order chi connectivity index (χ1) is 7.79. The third-order valence-electron chi connectivity index (χ3n) is 2.93.